The minimum absolute atomic E-state index is 0.703. The van der Waals surface area contributed by atoms with E-state index in [4.69, 9.17) is 24.7 Å². The number of benzene rings is 7. The second-order valence-electron chi connectivity index (χ2n) is 15.7. The summed E-state index contributed by atoms with van der Waals surface area (Å²) in [6.45, 7) is 8.86. The van der Waals surface area contributed by atoms with Gasteiger partial charge in [-0.15, -0.1) is 0 Å². The van der Waals surface area contributed by atoms with E-state index in [1.54, 1.807) is 12.4 Å². The highest BCUT2D eigenvalue weighted by molar-refractivity contribution is 6.19. The monoisotopic (exact) mass is 760 g/mol. The zero-order valence-corrected chi connectivity index (χ0v) is 32.9. The maximum Gasteiger partial charge on any atom is 0.165 e. The maximum absolute atomic E-state index is 6.80. The lowest BCUT2D eigenvalue weighted by Crippen LogP contribution is -1.99. The van der Waals surface area contributed by atoms with Gasteiger partial charge in [0, 0.05) is 39.5 Å². The molecule has 0 bridgehead atoms. The molecule has 0 unspecified atom stereocenters. The van der Waals surface area contributed by atoms with Crippen LogP contribution in [0.2, 0.25) is 0 Å². The minimum atomic E-state index is 0.703. The second-order valence-corrected chi connectivity index (χ2v) is 15.7. The number of hydrogen-bond donors (Lipinski definition) is 0. The van der Waals surface area contributed by atoms with Gasteiger partial charge >= 0.3 is 0 Å². The number of rotatable bonds is 4. The summed E-state index contributed by atoms with van der Waals surface area (Å²) >= 11 is 0. The van der Waals surface area contributed by atoms with Crippen LogP contribution >= 0.6 is 0 Å². The van der Waals surface area contributed by atoms with Gasteiger partial charge in [0.15, 0.2) is 5.65 Å². The van der Waals surface area contributed by atoms with Crippen LogP contribution in [0.15, 0.2) is 146 Å². The average Bonchev–Trinajstić information content (AvgIpc) is 3.84. The molecule has 12 rings (SSSR count). The van der Waals surface area contributed by atoms with E-state index in [1.165, 1.54) is 44.5 Å². The van der Waals surface area contributed by atoms with Crippen molar-refractivity contribution in [3.05, 3.63) is 168 Å². The molecular weight excluding hydrogens is 725 g/mol. The summed E-state index contributed by atoms with van der Waals surface area (Å²) in [5, 5.41) is 5.20. The number of imidazole rings is 2. The third kappa shape index (κ3) is 4.88. The van der Waals surface area contributed by atoms with E-state index < -0.39 is 0 Å². The van der Waals surface area contributed by atoms with Crippen LogP contribution in [-0.4, -0.2) is 28.7 Å². The van der Waals surface area contributed by atoms with Crippen molar-refractivity contribution < 1.29 is 4.74 Å². The van der Waals surface area contributed by atoms with E-state index in [1.807, 2.05) is 24.3 Å². The fraction of sp³-hybridized carbons (Fsp3) is 0.0769. The van der Waals surface area contributed by atoms with Gasteiger partial charge in [0.2, 0.25) is 0 Å². The fourth-order valence-electron chi connectivity index (χ4n) is 9.58. The minimum Gasteiger partial charge on any atom is -0.457 e. The Balaban J connectivity index is 1.13. The summed E-state index contributed by atoms with van der Waals surface area (Å²) in [6.07, 6.45) is 3.48. The van der Waals surface area contributed by atoms with Crippen molar-refractivity contribution >= 4 is 77.0 Å². The lowest BCUT2D eigenvalue weighted by atomic mass is 9.87. The van der Waals surface area contributed by atoms with Crippen LogP contribution in [0.1, 0.15) is 22.3 Å². The lowest BCUT2D eigenvalue weighted by Gasteiger charge is -2.20. The number of fused-ring (bicyclic) bond motifs is 16. The van der Waals surface area contributed by atoms with Crippen molar-refractivity contribution in [3.8, 4) is 33.8 Å². The highest BCUT2D eigenvalue weighted by Gasteiger charge is 2.22. The molecule has 0 amide bonds. The SMILES string of the molecule is Cc1cccc(C)c1-c1cc(-c2c(C)cccc2C)c2c(c1)c1ccc(Oc3ccc4c(c3)c3nc5ccccc5n3c3nccnc43)cc1c1nc3ccccc3n12. The summed E-state index contributed by atoms with van der Waals surface area (Å²) in [5.41, 5.74) is 18.2. The number of aromatic nitrogens is 6. The van der Waals surface area contributed by atoms with Crippen molar-refractivity contribution in [1.82, 2.24) is 28.7 Å². The molecule has 0 saturated carbocycles. The summed E-state index contributed by atoms with van der Waals surface area (Å²) < 4.78 is 11.3. The van der Waals surface area contributed by atoms with Crippen molar-refractivity contribution in [2.24, 2.45) is 0 Å². The lowest BCUT2D eigenvalue weighted by molar-refractivity contribution is 0.484. The van der Waals surface area contributed by atoms with E-state index in [2.05, 4.69) is 146 Å². The first-order valence-corrected chi connectivity index (χ1v) is 20.0. The molecule has 0 atom stereocenters. The van der Waals surface area contributed by atoms with Crippen LogP contribution < -0.4 is 4.74 Å². The first kappa shape index (κ1) is 33.5. The molecule has 0 aliphatic heterocycles. The molecule has 0 aliphatic rings. The zero-order valence-electron chi connectivity index (χ0n) is 32.9. The van der Waals surface area contributed by atoms with Gasteiger partial charge in [0.25, 0.3) is 0 Å². The summed E-state index contributed by atoms with van der Waals surface area (Å²) in [7, 11) is 0. The Bertz CT molecular complexity index is 3720. The molecule has 59 heavy (non-hydrogen) atoms. The quantitative estimate of drug-likeness (QED) is 0.167. The van der Waals surface area contributed by atoms with E-state index in [9.17, 15) is 0 Å². The van der Waals surface area contributed by atoms with Gasteiger partial charge in [-0.2, -0.15) is 0 Å². The third-order valence-electron chi connectivity index (χ3n) is 12.1. The Morgan fingerprint density at radius 3 is 1.68 bits per heavy atom. The first-order valence-electron chi connectivity index (χ1n) is 20.0. The molecule has 12 aromatic rings. The highest BCUT2D eigenvalue weighted by Crippen LogP contribution is 2.44. The molecule has 0 N–H and O–H groups in total. The van der Waals surface area contributed by atoms with E-state index in [0.29, 0.717) is 5.75 Å². The van der Waals surface area contributed by atoms with Crippen molar-refractivity contribution in [2.45, 2.75) is 27.7 Å². The smallest absolute Gasteiger partial charge is 0.165 e. The molecule has 5 heterocycles. The van der Waals surface area contributed by atoms with E-state index in [-0.39, 0.29) is 0 Å². The topological polar surface area (TPSA) is 69.6 Å². The number of nitrogens with zero attached hydrogens (tertiary/aromatic N) is 6. The van der Waals surface area contributed by atoms with Gasteiger partial charge in [0.1, 0.15) is 28.3 Å². The van der Waals surface area contributed by atoms with Gasteiger partial charge in [-0.3, -0.25) is 13.8 Å². The van der Waals surface area contributed by atoms with Gasteiger partial charge in [-0.25, -0.2) is 15.0 Å². The number of aryl methyl sites for hydroxylation is 4. The predicted octanol–water partition coefficient (Wildman–Crippen LogP) is 13.1. The summed E-state index contributed by atoms with van der Waals surface area (Å²) in [5.74, 6) is 1.42. The average molecular weight is 761 g/mol. The number of hydrogen-bond acceptors (Lipinski definition) is 5. The van der Waals surface area contributed by atoms with Crippen LogP contribution in [0, 0.1) is 27.7 Å². The molecule has 0 saturated heterocycles. The Morgan fingerprint density at radius 2 is 1.00 bits per heavy atom. The Labute approximate surface area is 338 Å². The van der Waals surface area contributed by atoms with E-state index >= 15 is 0 Å². The number of ether oxygens (including phenoxy) is 1. The summed E-state index contributed by atoms with van der Waals surface area (Å²) in [4.78, 5) is 19.9. The highest BCUT2D eigenvalue weighted by atomic mass is 16.5. The van der Waals surface area contributed by atoms with Crippen LogP contribution in [-0.2, 0) is 0 Å². The molecule has 7 nitrogen and oxygen atoms in total. The van der Waals surface area contributed by atoms with Gasteiger partial charge in [0.05, 0.1) is 27.6 Å². The van der Waals surface area contributed by atoms with Crippen molar-refractivity contribution in [1.29, 1.82) is 0 Å². The molecule has 0 radical (unpaired) electrons. The van der Waals surface area contributed by atoms with Crippen LogP contribution in [0.3, 0.4) is 0 Å². The molecule has 7 aromatic carbocycles. The van der Waals surface area contributed by atoms with Crippen molar-refractivity contribution in [3.63, 3.8) is 0 Å². The van der Waals surface area contributed by atoms with Gasteiger partial charge < -0.3 is 4.74 Å². The molecule has 0 aliphatic carbocycles. The first-order chi connectivity index (χ1) is 28.9. The number of para-hydroxylation sites is 4. The second kappa shape index (κ2) is 12.4. The molecule has 0 fully saturated rings. The van der Waals surface area contributed by atoms with Gasteiger partial charge in [-0.1, -0.05) is 60.7 Å². The third-order valence-corrected chi connectivity index (χ3v) is 12.1. The largest absolute Gasteiger partial charge is 0.457 e. The van der Waals surface area contributed by atoms with Crippen LogP contribution in [0.5, 0.6) is 11.5 Å². The van der Waals surface area contributed by atoms with Crippen LogP contribution in [0.25, 0.3) is 99.2 Å². The molecule has 280 valence electrons. The molecule has 5 aromatic heterocycles. The predicted molar refractivity (Wildman–Crippen MR) is 241 cm³/mol. The number of pyridine rings is 2. The Kier molecular flexibility index (Phi) is 7.06. The summed E-state index contributed by atoms with van der Waals surface area (Å²) in [6, 6.07) is 47.1. The van der Waals surface area contributed by atoms with Gasteiger partial charge in [-0.05, 0) is 145 Å². The Morgan fingerprint density at radius 1 is 0.441 bits per heavy atom. The fourth-order valence-corrected chi connectivity index (χ4v) is 9.58. The standard InChI is InChI=1S/C52H36N6O/c1-29-11-9-12-30(2)46(29)33-25-38-36-21-19-34(59-35-20-22-37-40(28-35)51-56-43-16-6-8-18-45(43)58(51)52-48(37)53-23-24-54-52)27-39(36)50-55-42-15-5-7-17-44(42)57(50)49(38)41(26-33)47-31(3)13-10-14-32(47)4/h5-28H,1-4H3. The molecular formula is C52H36N6O. The van der Waals surface area contributed by atoms with E-state index in [0.717, 1.165) is 82.7 Å². The maximum atomic E-state index is 6.80. The van der Waals surface area contributed by atoms with Crippen LogP contribution in [0.4, 0.5) is 0 Å². The molecule has 0 spiro atoms. The zero-order chi connectivity index (χ0) is 39.5. The normalized spacial score (nSPS) is 12.1. The Hall–Kier alpha value is -7.64. The van der Waals surface area contributed by atoms with Crippen molar-refractivity contribution in [2.75, 3.05) is 0 Å². The molecule has 7 heteroatoms.